The number of hydrogen-bond donors (Lipinski definition) is 1. The van der Waals surface area contributed by atoms with Gasteiger partial charge < -0.3 is 9.74 Å². The van der Waals surface area contributed by atoms with Crippen LogP contribution in [-0.2, 0) is 4.43 Å². The lowest BCUT2D eigenvalue weighted by atomic mass is 10.1. The molecular weight excluding hydrogens is 250 g/mol. The maximum atomic E-state index is 6.49. The predicted octanol–water partition coefficient (Wildman–Crippen LogP) is 4.11. The molecule has 1 aliphatic heterocycles. The van der Waals surface area contributed by atoms with Crippen LogP contribution < -0.4 is 5.32 Å². The van der Waals surface area contributed by atoms with Crippen molar-refractivity contribution >= 4 is 8.32 Å². The minimum absolute atomic E-state index is 0.290. The standard InChI is InChI=1S/C16H27NOSi/c1-16(2,3)19(4,5)18-14-11-15(17-12-14)13-9-7-6-8-10-13/h6-10,14-15,17H,11-12H2,1-5H3/t14-,15-/m0/s1. The van der Waals surface area contributed by atoms with Crippen molar-refractivity contribution in [1.29, 1.82) is 0 Å². The summed E-state index contributed by atoms with van der Waals surface area (Å²) in [4.78, 5) is 0. The maximum absolute atomic E-state index is 6.49. The molecule has 0 aliphatic carbocycles. The lowest BCUT2D eigenvalue weighted by Crippen LogP contribution is -2.44. The van der Waals surface area contributed by atoms with E-state index in [1.807, 2.05) is 0 Å². The summed E-state index contributed by atoms with van der Waals surface area (Å²) in [5, 5.41) is 3.88. The normalized spacial score (nSPS) is 24.7. The monoisotopic (exact) mass is 277 g/mol. The highest BCUT2D eigenvalue weighted by Gasteiger charge is 2.40. The molecule has 0 bridgehead atoms. The Bertz CT molecular complexity index is 411. The molecule has 0 radical (unpaired) electrons. The Hall–Kier alpha value is -0.643. The zero-order valence-corrected chi connectivity index (χ0v) is 13.9. The highest BCUT2D eigenvalue weighted by atomic mass is 28.4. The van der Waals surface area contributed by atoms with E-state index in [0.717, 1.165) is 13.0 Å². The smallest absolute Gasteiger partial charge is 0.192 e. The summed E-state index contributed by atoms with van der Waals surface area (Å²) in [7, 11) is -1.64. The van der Waals surface area contributed by atoms with Crippen LogP contribution in [0.3, 0.4) is 0 Å². The van der Waals surface area contributed by atoms with Crippen molar-refractivity contribution < 1.29 is 4.43 Å². The molecule has 2 atom stereocenters. The molecule has 1 aromatic rings. The summed E-state index contributed by atoms with van der Waals surface area (Å²) >= 11 is 0. The van der Waals surface area contributed by atoms with Gasteiger partial charge in [0, 0.05) is 12.6 Å². The average molecular weight is 277 g/mol. The van der Waals surface area contributed by atoms with Gasteiger partial charge in [-0.3, -0.25) is 0 Å². The predicted molar refractivity (Wildman–Crippen MR) is 83.9 cm³/mol. The van der Waals surface area contributed by atoms with Gasteiger partial charge in [-0.05, 0) is 30.1 Å². The van der Waals surface area contributed by atoms with Crippen LogP contribution in [0.5, 0.6) is 0 Å². The molecule has 0 aromatic heterocycles. The SMILES string of the molecule is CC(C)(C)[Si](C)(C)O[C@@H]1CN[C@H](c2ccccc2)C1. The molecule has 0 spiro atoms. The molecule has 1 aliphatic rings. The second-order valence-electron chi connectivity index (χ2n) is 7.11. The molecule has 0 saturated carbocycles. The third-order valence-electron chi connectivity index (χ3n) is 4.56. The molecule has 19 heavy (non-hydrogen) atoms. The van der Waals surface area contributed by atoms with Crippen LogP contribution in [0.1, 0.15) is 38.8 Å². The Morgan fingerprint density at radius 1 is 1.16 bits per heavy atom. The minimum atomic E-state index is -1.64. The van der Waals surface area contributed by atoms with Crippen molar-refractivity contribution in [3.8, 4) is 0 Å². The summed E-state index contributed by atoms with van der Waals surface area (Å²) in [6.45, 7) is 12.6. The zero-order valence-electron chi connectivity index (χ0n) is 12.9. The van der Waals surface area contributed by atoms with Crippen molar-refractivity contribution in [2.24, 2.45) is 0 Å². The first-order valence-electron chi connectivity index (χ1n) is 7.26. The van der Waals surface area contributed by atoms with Crippen LogP contribution >= 0.6 is 0 Å². The van der Waals surface area contributed by atoms with Crippen LogP contribution in [0.25, 0.3) is 0 Å². The van der Waals surface area contributed by atoms with Gasteiger partial charge in [-0.15, -0.1) is 0 Å². The van der Waals surface area contributed by atoms with Crippen molar-refractivity contribution in [2.75, 3.05) is 6.54 Å². The molecule has 1 N–H and O–H groups in total. The summed E-state index contributed by atoms with van der Waals surface area (Å²) < 4.78 is 6.49. The van der Waals surface area contributed by atoms with E-state index in [1.165, 1.54) is 5.56 Å². The first-order chi connectivity index (χ1) is 8.79. The Balaban J connectivity index is 1.96. The zero-order chi connectivity index (χ0) is 14.1. The maximum Gasteiger partial charge on any atom is 0.192 e. The van der Waals surface area contributed by atoms with Gasteiger partial charge in [0.25, 0.3) is 0 Å². The second kappa shape index (κ2) is 5.39. The van der Waals surface area contributed by atoms with Crippen molar-refractivity contribution in [1.82, 2.24) is 5.32 Å². The number of benzene rings is 1. The summed E-state index contributed by atoms with van der Waals surface area (Å²) in [5.74, 6) is 0. The van der Waals surface area contributed by atoms with Crippen molar-refractivity contribution in [3.63, 3.8) is 0 Å². The van der Waals surface area contributed by atoms with E-state index < -0.39 is 8.32 Å². The lowest BCUT2D eigenvalue weighted by molar-refractivity contribution is 0.197. The fraction of sp³-hybridized carbons (Fsp3) is 0.625. The number of rotatable bonds is 3. The Kier molecular flexibility index (Phi) is 4.19. The molecule has 106 valence electrons. The molecule has 2 nitrogen and oxygen atoms in total. The van der Waals surface area contributed by atoms with Gasteiger partial charge in [-0.25, -0.2) is 0 Å². The van der Waals surface area contributed by atoms with E-state index in [0.29, 0.717) is 12.1 Å². The first-order valence-corrected chi connectivity index (χ1v) is 10.2. The van der Waals surface area contributed by atoms with Gasteiger partial charge in [0.15, 0.2) is 8.32 Å². The Labute approximate surface area is 118 Å². The fourth-order valence-electron chi connectivity index (χ4n) is 2.33. The summed E-state index contributed by atoms with van der Waals surface area (Å²) in [5.41, 5.74) is 1.38. The van der Waals surface area contributed by atoms with E-state index in [2.05, 4.69) is 69.5 Å². The number of hydrogen-bond acceptors (Lipinski definition) is 2. The fourth-order valence-corrected chi connectivity index (χ4v) is 3.69. The van der Waals surface area contributed by atoms with Gasteiger partial charge in [0.1, 0.15) is 0 Å². The molecule has 1 fully saturated rings. The Morgan fingerprint density at radius 3 is 2.37 bits per heavy atom. The van der Waals surface area contributed by atoms with E-state index in [1.54, 1.807) is 0 Å². The molecule has 1 aromatic carbocycles. The van der Waals surface area contributed by atoms with E-state index in [9.17, 15) is 0 Å². The average Bonchev–Trinajstić information content (AvgIpc) is 2.76. The van der Waals surface area contributed by atoms with Gasteiger partial charge in [-0.2, -0.15) is 0 Å². The van der Waals surface area contributed by atoms with Gasteiger partial charge in [0.2, 0.25) is 0 Å². The van der Waals surface area contributed by atoms with Gasteiger partial charge >= 0.3 is 0 Å². The molecule has 1 heterocycles. The molecule has 3 heteroatoms. The highest BCUT2D eigenvalue weighted by Crippen LogP contribution is 2.39. The minimum Gasteiger partial charge on any atom is -0.413 e. The van der Waals surface area contributed by atoms with Crippen molar-refractivity contribution in [2.45, 2.75) is 57.5 Å². The molecule has 0 unspecified atom stereocenters. The first kappa shape index (κ1) is 14.8. The van der Waals surface area contributed by atoms with E-state index >= 15 is 0 Å². The second-order valence-corrected chi connectivity index (χ2v) is 11.9. The van der Waals surface area contributed by atoms with Gasteiger partial charge in [-0.1, -0.05) is 51.1 Å². The molecule has 1 saturated heterocycles. The van der Waals surface area contributed by atoms with Crippen LogP contribution in [-0.4, -0.2) is 21.0 Å². The molecule has 2 rings (SSSR count). The van der Waals surface area contributed by atoms with E-state index in [4.69, 9.17) is 4.43 Å². The van der Waals surface area contributed by atoms with Crippen LogP contribution in [0.2, 0.25) is 18.1 Å². The largest absolute Gasteiger partial charge is 0.413 e. The topological polar surface area (TPSA) is 21.3 Å². The third kappa shape index (κ3) is 3.47. The van der Waals surface area contributed by atoms with Gasteiger partial charge in [0.05, 0.1) is 6.10 Å². The lowest BCUT2D eigenvalue weighted by Gasteiger charge is -2.38. The van der Waals surface area contributed by atoms with E-state index in [-0.39, 0.29) is 5.04 Å². The number of nitrogens with one attached hydrogen (secondary N) is 1. The molecular formula is C16H27NOSi. The Morgan fingerprint density at radius 2 is 1.79 bits per heavy atom. The van der Waals surface area contributed by atoms with Crippen molar-refractivity contribution in [3.05, 3.63) is 35.9 Å². The third-order valence-corrected chi connectivity index (χ3v) is 9.09. The quantitative estimate of drug-likeness (QED) is 0.840. The highest BCUT2D eigenvalue weighted by molar-refractivity contribution is 6.74. The van der Waals surface area contributed by atoms with Crippen LogP contribution in [0, 0.1) is 0 Å². The summed E-state index contributed by atoms with van der Waals surface area (Å²) in [6, 6.07) is 11.1. The van der Waals surface area contributed by atoms with Crippen LogP contribution in [0.4, 0.5) is 0 Å². The van der Waals surface area contributed by atoms with Crippen LogP contribution in [0.15, 0.2) is 30.3 Å². The summed E-state index contributed by atoms with van der Waals surface area (Å²) in [6.07, 6.45) is 1.46. The molecule has 0 amide bonds.